The smallest absolute Gasteiger partial charge is 0.354 e. The molecule has 1 N–H and O–H groups in total. The van der Waals surface area contributed by atoms with Gasteiger partial charge in [0.05, 0.1) is 6.20 Å². The van der Waals surface area contributed by atoms with Gasteiger partial charge in [0, 0.05) is 10.6 Å². The number of carbonyl (C=O) groups is 1. The van der Waals surface area contributed by atoms with Gasteiger partial charge in [-0.1, -0.05) is 11.6 Å². The summed E-state index contributed by atoms with van der Waals surface area (Å²) in [6.07, 6.45) is 1.27. The van der Waals surface area contributed by atoms with Gasteiger partial charge < -0.3 is 9.84 Å². The van der Waals surface area contributed by atoms with Crippen LogP contribution in [0.1, 0.15) is 16.1 Å². The Morgan fingerprint density at radius 1 is 1.37 bits per heavy atom. The third-order valence-electron chi connectivity index (χ3n) is 2.36. The number of rotatable bonds is 4. The third-order valence-corrected chi connectivity index (χ3v) is 2.59. The lowest BCUT2D eigenvalue weighted by Gasteiger charge is -2.07. The van der Waals surface area contributed by atoms with Crippen LogP contribution in [0.2, 0.25) is 5.02 Å². The van der Waals surface area contributed by atoms with Crippen molar-refractivity contribution in [3.8, 4) is 5.75 Å². The summed E-state index contributed by atoms with van der Waals surface area (Å²) < 4.78 is 18.7. The second kappa shape index (κ2) is 5.67. The molecule has 1 aromatic carbocycles. The van der Waals surface area contributed by atoms with Gasteiger partial charge in [0.25, 0.3) is 0 Å². The van der Waals surface area contributed by atoms with Crippen molar-refractivity contribution < 1.29 is 19.0 Å². The van der Waals surface area contributed by atoms with Crippen LogP contribution in [0.5, 0.6) is 5.75 Å². The van der Waals surface area contributed by atoms with Crippen LogP contribution in [0, 0.1) is 5.82 Å². The summed E-state index contributed by atoms with van der Waals surface area (Å²) in [4.78, 5) is 14.3. The summed E-state index contributed by atoms with van der Waals surface area (Å²) in [5, 5.41) is 9.10. The van der Waals surface area contributed by atoms with Crippen molar-refractivity contribution in [2.75, 3.05) is 0 Å². The van der Waals surface area contributed by atoms with E-state index in [9.17, 15) is 9.18 Å². The van der Waals surface area contributed by atoms with E-state index < -0.39 is 11.8 Å². The van der Waals surface area contributed by atoms with Crippen LogP contribution in [0.3, 0.4) is 0 Å². The molecule has 19 heavy (non-hydrogen) atoms. The summed E-state index contributed by atoms with van der Waals surface area (Å²) in [6.45, 7) is -0.0134. The number of hydrogen-bond donors (Lipinski definition) is 1. The van der Waals surface area contributed by atoms with E-state index in [1.807, 2.05) is 0 Å². The molecule has 4 nitrogen and oxygen atoms in total. The number of halogens is 2. The molecule has 1 heterocycles. The van der Waals surface area contributed by atoms with E-state index in [1.165, 1.54) is 36.5 Å². The zero-order valence-electron chi connectivity index (χ0n) is 9.64. The van der Waals surface area contributed by atoms with Gasteiger partial charge in [-0.3, -0.25) is 0 Å². The van der Waals surface area contributed by atoms with Crippen molar-refractivity contribution in [3.63, 3.8) is 0 Å². The van der Waals surface area contributed by atoms with Crippen molar-refractivity contribution in [2.24, 2.45) is 0 Å². The molecule has 0 aliphatic rings. The molecule has 0 radical (unpaired) electrons. The molecule has 1 aromatic heterocycles. The lowest BCUT2D eigenvalue weighted by atomic mass is 10.2. The van der Waals surface area contributed by atoms with Crippen LogP contribution in [0.15, 0.2) is 36.5 Å². The van der Waals surface area contributed by atoms with Crippen LogP contribution >= 0.6 is 11.6 Å². The summed E-state index contributed by atoms with van der Waals surface area (Å²) in [5.74, 6) is -1.18. The molecule has 0 atom stereocenters. The highest BCUT2D eigenvalue weighted by atomic mass is 35.5. The summed E-state index contributed by atoms with van der Waals surface area (Å²) >= 11 is 5.75. The van der Waals surface area contributed by atoms with Crippen LogP contribution in [0.25, 0.3) is 0 Å². The molecule has 6 heteroatoms. The summed E-state index contributed by atoms with van der Waals surface area (Å²) in [7, 11) is 0. The molecule has 0 saturated heterocycles. The summed E-state index contributed by atoms with van der Waals surface area (Å²) in [5.41, 5.74) is 0.232. The molecule has 0 aliphatic carbocycles. The van der Waals surface area contributed by atoms with Gasteiger partial charge in [-0.05, 0) is 30.3 Å². The Morgan fingerprint density at radius 3 is 2.79 bits per heavy atom. The standard InChI is InChI=1S/C13H9ClFNO3/c14-9-1-3-11(15)8(5-9)7-19-10-2-4-12(13(17)18)16-6-10/h1-6H,7H2,(H,17,18). The van der Waals surface area contributed by atoms with E-state index >= 15 is 0 Å². The number of aromatic carboxylic acids is 1. The van der Waals surface area contributed by atoms with Gasteiger partial charge in [-0.25, -0.2) is 14.2 Å². The maximum Gasteiger partial charge on any atom is 0.354 e. The quantitative estimate of drug-likeness (QED) is 0.935. The lowest BCUT2D eigenvalue weighted by molar-refractivity contribution is 0.0690. The van der Waals surface area contributed by atoms with Crippen LogP contribution in [-0.4, -0.2) is 16.1 Å². The van der Waals surface area contributed by atoms with Crippen molar-refractivity contribution in [3.05, 3.63) is 58.6 Å². The molecule has 2 rings (SSSR count). The van der Waals surface area contributed by atoms with Crippen LogP contribution in [-0.2, 0) is 6.61 Å². The maximum absolute atomic E-state index is 13.4. The molecular formula is C13H9ClFNO3. The first kappa shape index (κ1) is 13.3. The largest absolute Gasteiger partial charge is 0.487 e. The highest BCUT2D eigenvalue weighted by Gasteiger charge is 2.06. The fourth-order valence-electron chi connectivity index (χ4n) is 1.41. The van der Waals surface area contributed by atoms with Crippen LogP contribution in [0.4, 0.5) is 4.39 Å². The number of carboxylic acids is 1. The Morgan fingerprint density at radius 2 is 2.16 bits per heavy atom. The van der Waals surface area contributed by atoms with Gasteiger partial charge >= 0.3 is 5.97 Å². The SMILES string of the molecule is O=C(O)c1ccc(OCc2cc(Cl)ccc2F)cn1. The van der Waals surface area contributed by atoms with Crippen molar-refractivity contribution >= 4 is 17.6 Å². The highest BCUT2D eigenvalue weighted by Crippen LogP contribution is 2.17. The fraction of sp³-hybridized carbons (Fsp3) is 0.0769. The normalized spacial score (nSPS) is 10.2. The van der Waals surface area contributed by atoms with E-state index in [0.29, 0.717) is 16.3 Å². The molecule has 0 fully saturated rings. The molecule has 2 aromatic rings. The average molecular weight is 282 g/mol. The third kappa shape index (κ3) is 3.42. The minimum atomic E-state index is -1.12. The number of hydrogen-bond acceptors (Lipinski definition) is 3. The zero-order valence-corrected chi connectivity index (χ0v) is 10.4. The number of nitrogens with zero attached hydrogens (tertiary/aromatic N) is 1. The number of ether oxygens (including phenoxy) is 1. The highest BCUT2D eigenvalue weighted by molar-refractivity contribution is 6.30. The van der Waals surface area contributed by atoms with E-state index in [4.69, 9.17) is 21.4 Å². The van der Waals surface area contributed by atoms with E-state index in [-0.39, 0.29) is 12.3 Å². The first-order valence-corrected chi connectivity index (χ1v) is 5.70. The molecule has 98 valence electrons. The second-order valence-electron chi connectivity index (χ2n) is 3.71. The first-order chi connectivity index (χ1) is 9.06. The van der Waals surface area contributed by atoms with Gasteiger partial charge in [0.1, 0.15) is 23.9 Å². The second-order valence-corrected chi connectivity index (χ2v) is 4.15. The molecule has 0 unspecified atom stereocenters. The summed E-state index contributed by atoms with van der Waals surface area (Å²) in [6, 6.07) is 6.94. The molecule has 0 spiro atoms. The van der Waals surface area contributed by atoms with Gasteiger partial charge in [-0.15, -0.1) is 0 Å². The molecule has 0 bridgehead atoms. The minimum Gasteiger partial charge on any atom is -0.487 e. The van der Waals surface area contributed by atoms with Crippen molar-refractivity contribution in [1.82, 2.24) is 4.98 Å². The predicted octanol–water partition coefficient (Wildman–Crippen LogP) is 3.15. The van der Waals surface area contributed by atoms with E-state index in [0.717, 1.165) is 0 Å². The molecule has 0 amide bonds. The Labute approximate surface area is 113 Å². The predicted molar refractivity (Wildman–Crippen MR) is 66.9 cm³/mol. The number of aromatic nitrogens is 1. The molecule has 0 saturated carbocycles. The van der Waals surface area contributed by atoms with Crippen molar-refractivity contribution in [1.29, 1.82) is 0 Å². The minimum absolute atomic E-state index is 0.0134. The van der Waals surface area contributed by atoms with Crippen LogP contribution < -0.4 is 4.74 Å². The Balaban J connectivity index is 2.06. The Hall–Kier alpha value is -2.14. The van der Waals surface area contributed by atoms with Crippen molar-refractivity contribution in [2.45, 2.75) is 6.61 Å². The Bertz CT molecular complexity index is 601. The molecular weight excluding hydrogens is 273 g/mol. The Kier molecular flexibility index (Phi) is 3.97. The van der Waals surface area contributed by atoms with Gasteiger partial charge in [-0.2, -0.15) is 0 Å². The zero-order chi connectivity index (χ0) is 13.8. The van der Waals surface area contributed by atoms with Gasteiger partial charge in [0.15, 0.2) is 0 Å². The lowest BCUT2D eigenvalue weighted by Crippen LogP contribution is -2.02. The maximum atomic E-state index is 13.4. The average Bonchev–Trinajstić information content (AvgIpc) is 2.40. The first-order valence-electron chi connectivity index (χ1n) is 5.32. The topological polar surface area (TPSA) is 59.4 Å². The number of benzene rings is 1. The van der Waals surface area contributed by atoms with E-state index in [1.54, 1.807) is 0 Å². The van der Waals surface area contributed by atoms with E-state index in [2.05, 4.69) is 4.98 Å². The monoisotopic (exact) mass is 281 g/mol. The fourth-order valence-corrected chi connectivity index (χ4v) is 1.60. The number of pyridine rings is 1. The number of carboxylic acid groups (broad SMARTS) is 1. The molecule has 0 aliphatic heterocycles. The van der Waals surface area contributed by atoms with Gasteiger partial charge in [0.2, 0.25) is 0 Å².